The number of aryl methyl sites for hydroxylation is 2. The molecular formula is C11H20N4O. The van der Waals surface area contributed by atoms with Crippen molar-refractivity contribution in [3.05, 3.63) is 17.5 Å². The second-order valence-electron chi connectivity index (χ2n) is 3.86. The minimum Gasteiger partial charge on any atom is -0.351 e. The number of nitrogens with one attached hydrogen (secondary N) is 1. The van der Waals surface area contributed by atoms with E-state index < -0.39 is 6.04 Å². The first-order chi connectivity index (χ1) is 7.58. The van der Waals surface area contributed by atoms with E-state index in [-0.39, 0.29) is 5.91 Å². The summed E-state index contributed by atoms with van der Waals surface area (Å²) in [5, 5.41) is 7.13. The van der Waals surface area contributed by atoms with Crippen molar-refractivity contribution in [2.75, 3.05) is 0 Å². The van der Waals surface area contributed by atoms with Crippen LogP contribution in [0.15, 0.2) is 6.20 Å². The fourth-order valence-corrected chi connectivity index (χ4v) is 1.53. The number of aromatic nitrogens is 2. The molecule has 0 spiro atoms. The summed E-state index contributed by atoms with van der Waals surface area (Å²) in [6, 6.07) is -0.415. The lowest BCUT2D eigenvalue weighted by atomic mass is 10.2. The van der Waals surface area contributed by atoms with E-state index in [9.17, 15) is 4.79 Å². The van der Waals surface area contributed by atoms with Crippen molar-refractivity contribution in [3.63, 3.8) is 0 Å². The van der Waals surface area contributed by atoms with E-state index in [0.717, 1.165) is 17.7 Å². The molecule has 0 saturated heterocycles. The Kier molecular flexibility index (Phi) is 4.49. The molecule has 1 rings (SSSR count). The maximum absolute atomic E-state index is 11.5. The summed E-state index contributed by atoms with van der Waals surface area (Å²) in [7, 11) is 1.88. The number of hydrogen-bond donors (Lipinski definition) is 2. The van der Waals surface area contributed by atoms with Crippen molar-refractivity contribution < 1.29 is 4.79 Å². The summed E-state index contributed by atoms with van der Waals surface area (Å²) in [4.78, 5) is 11.5. The number of carbonyl (C=O) groups excluding carboxylic acids is 1. The second kappa shape index (κ2) is 5.65. The van der Waals surface area contributed by atoms with Crippen LogP contribution in [-0.2, 0) is 24.8 Å². The van der Waals surface area contributed by atoms with Gasteiger partial charge in [-0.3, -0.25) is 9.48 Å². The third-order valence-corrected chi connectivity index (χ3v) is 2.56. The van der Waals surface area contributed by atoms with Crippen LogP contribution in [0.4, 0.5) is 0 Å². The van der Waals surface area contributed by atoms with Crippen molar-refractivity contribution in [2.24, 2.45) is 12.8 Å². The van der Waals surface area contributed by atoms with Gasteiger partial charge >= 0.3 is 0 Å². The van der Waals surface area contributed by atoms with Crippen LogP contribution in [0.3, 0.4) is 0 Å². The van der Waals surface area contributed by atoms with Crippen LogP contribution in [0.2, 0.25) is 0 Å². The minimum absolute atomic E-state index is 0.103. The number of hydrogen-bond acceptors (Lipinski definition) is 3. The van der Waals surface area contributed by atoms with Crippen LogP contribution < -0.4 is 11.1 Å². The highest BCUT2D eigenvalue weighted by Gasteiger charge is 2.12. The molecule has 16 heavy (non-hydrogen) atoms. The zero-order valence-electron chi connectivity index (χ0n) is 10.2. The summed E-state index contributed by atoms with van der Waals surface area (Å²) in [6.07, 6.45) is 3.45. The van der Waals surface area contributed by atoms with Crippen LogP contribution >= 0.6 is 0 Å². The van der Waals surface area contributed by atoms with Gasteiger partial charge < -0.3 is 11.1 Å². The van der Waals surface area contributed by atoms with Gasteiger partial charge in [0.2, 0.25) is 5.91 Å². The Bertz CT molecular complexity index is 359. The zero-order chi connectivity index (χ0) is 12.1. The van der Waals surface area contributed by atoms with Crippen molar-refractivity contribution in [3.8, 4) is 0 Å². The average molecular weight is 224 g/mol. The molecule has 0 radical (unpaired) electrons. The minimum atomic E-state index is -0.415. The fraction of sp³-hybridized carbons (Fsp3) is 0.636. The lowest BCUT2D eigenvalue weighted by molar-refractivity contribution is -0.122. The number of nitrogens with zero attached hydrogens (tertiary/aromatic N) is 2. The van der Waals surface area contributed by atoms with Gasteiger partial charge in [0.05, 0.1) is 11.7 Å². The molecule has 5 nitrogen and oxygen atoms in total. The number of amides is 1. The largest absolute Gasteiger partial charge is 0.351 e. The molecule has 0 aliphatic rings. The summed E-state index contributed by atoms with van der Waals surface area (Å²) in [5.41, 5.74) is 7.70. The van der Waals surface area contributed by atoms with Gasteiger partial charge in [-0.25, -0.2) is 0 Å². The Balaban J connectivity index is 2.57. The number of carbonyl (C=O) groups is 1. The molecule has 0 aliphatic heterocycles. The summed E-state index contributed by atoms with van der Waals surface area (Å²) in [6.45, 7) is 4.45. The second-order valence-corrected chi connectivity index (χ2v) is 3.86. The zero-order valence-corrected chi connectivity index (χ0v) is 10.2. The van der Waals surface area contributed by atoms with Crippen molar-refractivity contribution in [1.29, 1.82) is 0 Å². The molecule has 0 fully saturated rings. The predicted octanol–water partition coefficient (Wildman–Crippen LogP) is 0.336. The summed E-state index contributed by atoms with van der Waals surface area (Å²) in [5.74, 6) is -0.103. The maximum atomic E-state index is 11.5. The van der Waals surface area contributed by atoms with E-state index in [4.69, 9.17) is 5.73 Å². The summed E-state index contributed by atoms with van der Waals surface area (Å²) >= 11 is 0. The molecule has 0 saturated carbocycles. The number of rotatable bonds is 5. The lowest BCUT2D eigenvalue weighted by Gasteiger charge is -2.09. The van der Waals surface area contributed by atoms with Crippen LogP contribution in [-0.4, -0.2) is 21.7 Å². The topological polar surface area (TPSA) is 72.9 Å². The van der Waals surface area contributed by atoms with E-state index in [0.29, 0.717) is 13.0 Å². The van der Waals surface area contributed by atoms with Gasteiger partial charge in [-0.15, -0.1) is 0 Å². The van der Waals surface area contributed by atoms with Gasteiger partial charge in [-0.05, 0) is 12.8 Å². The van der Waals surface area contributed by atoms with E-state index in [1.54, 1.807) is 4.68 Å². The van der Waals surface area contributed by atoms with Crippen molar-refractivity contribution >= 4 is 5.91 Å². The first kappa shape index (κ1) is 12.7. The third-order valence-electron chi connectivity index (χ3n) is 2.56. The van der Waals surface area contributed by atoms with Gasteiger partial charge in [0.15, 0.2) is 0 Å². The normalized spacial score (nSPS) is 12.5. The molecule has 0 aliphatic carbocycles. The highest BCUT2D eigenvalue weighted by atomic mass is 16.2. The van der Waals surface area contributed by atoms with Gasteiger partial charge in [0.25, 0.3) is 0 Å². The van der Waals surface area contributed by atoms with Crippen molar-refractivity contribution in [2.45, 2.75) is 39.3 Å². The molecule has 90 valence electrons. The molecule has 1 heterocycles. The molecule has 3 N–H and O–H groups in total. The first-order valence-electron chi connectivity index (χ1n) is 5.63. The van der Waals surface area contributed by atoms with Gasteiger partial charge in [-0.1, -0.05) is 13.8 Å². The van der Waals surface area contributed by atoms with E-state index >= 15 is 0 Å². The third kappa shape index (κ3) is 3.06. The van der Waals surface area contributed by atoms with E-state index in [2.05, 4.69) is 10.4 Å². The fourth-order valence-electron chi connectivity index (χ4n) is 1.53. The van der Waals surface area contributed by atoms with Crippen LogP contribution in [0.1, 0.15) is 31.5 Å². The summed E-state index contributed by atoms with van der Waals surface area (Å²) < 4.78 is 1.76. The number of nitrogens with two attached hydrogens (primary N) is 1. The molecule has 1 aromatic heterocycles. The highest BCUT2D eigenvalue weighted by Crippen LogP contribution is 2.06. The Hall–Kier alpha value is -1.36. The van der Waals surface area contributed by atoms with Crippen molar-refractivity contribution in [1.82, 2.24) is 15.1 Å². The monoisotopic (exact) mass is 224 g/mol. The first-order valence-corrected chi connectivity index (χ1v) is 5.63. The van der Waals surface area contributed by atoms with Gasteiger partial charge in [0, 0.05) is 25.4 Å². The Labute approximate surface area is 96.0 Å². The van der Waals surface area contributed by atoms with E-state index in [1.807, 2.05) is 27.1 Å². The lowest BCUT2D eigenvalue weighted by Crippen LogP contribution is -2.39. The molecule has 0 aromatic carbocycles. The average Bonchev–Trinajstić information content (AvgIpc) is 2.65. The van der Waals surface area contributed by atoms with Crippen LogP contribution in [0.25, 0.3) is 0 Å². The molecule has 1 amide bonds. The van der Waals surface area contributed by atoms with Crippen LogP contribution in [0.5, 0.6) is 0 Å². The SMILES string of the molecule is CCc1nn(C)cc1CNC(=O)[C@@H](N)CC. The molecular weight excluding hydrogens is 204 g/mol. The molecule has 1 atom stereocenters. The standard InChI is InChI=1S/C11H20N4O/c1-4-9(12)11(16)13-6-8-7-15(3)14-10(8)5-2/h7,9H,4-6,12H2,1-3H3,(H,13,16)/t9-/m0/s1. The van der Waals surface area contributed by atoms with Gasteiger partial charge in [-0.2, -0.15) is 5.10 Å². The Morgan fingerprint density at radius 3 is 2.88 bits per heavy atom. The predicted molar refractivity (Wildman–Crippen MR) is 62.7 cm³/mol. The molecule has 1 aromatic rings. The van der Waals surface area contributed by atoms with Crippen LogP contribution in [0, 0.1) is 0 Å². The quantitative estimate of drug-likeness (QED) is 0.757. The van der Waals surface area contributed by atoms with E-state index in [1.165, 1.54) is 0 Å². The van der Waals surface area contributed by atoms with Gasteiger partial charge in [0.1, 0.15) is 0 Å². The smallest absolute Gasteiger partial charge is 0.237 e. The molecule has 0 bridgehead atoms. The Morgan fingerprint density at radius 2 is 2.31 bits per heavy atom. The molecule has 5 heteroatoms. The Morgan fingerprint density at radius 1 is 1.62 bits per heavy atom. The highest BCUT2D eigenvalue weighted by molar-refractivity contribution is 5.81. The molecule has 0 unspecified atom stereocenters. The maximum Gasteiger partial charge on any atom is 0.237 e.